The molecule has 2 aliphatic heterocycles. The molecule has 0 radical (unpaired) electrons. The normalized spacial score (nSPS) is 43.2. The van der Waals surface area contributed by atoms with Crippen LogP contribution in [-0.4, -0.2) is 35.2 Å². The van der Waals surface area contributed by atoms with E-state index >= 15 is 0 Å². The Labute approximate surface area is 220 Å². The van der Waals surface area contributed by atoms with Gasteiger partial charge in [-0.2, -0.15) is 0 Å². The number of morpholine rings is 1. The van der Waals surface area contributed by atoms with Gasteiger partial charge in [0.05, 0.1) is 12.2 Å². The summed E-state index contributed by atoms with van der Waals surface area (Å²) in [6.07, 6.45) is 17.7. The molecule has 2 aromatic carbocycles. The van der Waals surface area contributed by atoms with Crippen molar-refractivity contribution in [2.75, 3.05) is 0 Å². The van der Waals surface area contributed by atoms with Gasteiger partial charge in [0.1, 0.15) is 11.2 Å². The predicted octanol–water partition coefficient (Wildman–Crippen LogP) is 8.06. The molecule has 6 aliphatic rings. The van der Waals surface area contributed by atoms with Crippen molar-refractivity contribution in [3.63, 3.8) is 0 Å². The van der Waals surface area contributed by atoms with Crippen molar-refractivity contribution >= 4 is 21.9 Å². The molecule has 3 heteroatoms. The summed E-state index contributed by atoms with van der Waals surface area (Å²) in [5.74, 6) is 4.16. The number of furan rings is 1. The van der Waals surface area contributed by atoms with Gasteiger partial charge < -0.3 is 9.15 Å². The number of rotatable bonds is 1. The van der Waals surface area contributed by atoms with Crippen LogP contribution in [0.15, 0.2) is 46.9 Å². The largest absolute Gasteiger partial charge is 0.456 e. The Balaban J connectivity index is 1.15. The van der Waals surface area contributed by atoms with Crippen molar-refractivity contribution in [2.45, 2.75) is 113 Å². The van der Waals surface area contributed by atoms with E-state index in [0.29, 0.717) is 24.2 Å². The van der Waals surface area contributed by atoms with E-state index in [1.165, 1.54) is 87.8 Å². The molecule has 4 aliphatic carbocycles. The zero-order chi connectivity index (χ0) is 24.1. The fourth-order valence-corrected chi connectivity index (χ4v) is 11.1. The molecule has 6 fully saturated rings. The van der Waals surface area contributed by atoms with E-state index in [9.17, 15) is 0 Å². The van der Waals surface area contributed by atoms with Crippen LogP contribution >= 0.6 is 0 Å². The highest BCUT2D eigenvalue weighted by Gasteiger charge is 2.61. The van der Waals surface area contributed by atoms with Crippen LogP contribution < -0.4 is 0 Å². The summed E-state index contributed by atoms with van der Waals surface area (Å²) in [4.78, 5) is 3.19. The third kappa shape index (κ3) is 3.08. The highest BCUT2D eigenvalue weighted by Crippen LogP contribution is 2.61. The summed E-state index contributed by atoms with van der Waals surface area (Å²) >= 11 is 0. The van der Waals surface area contributed by atoms with Crippen molar-refractivity contribution < 1.29 is 9.15 Å². The Morgan fingerprint density at radius 1 is 0.622 bits per heavy atom. The highest BCUT2D eigenvalue weighted by atomic mass is 16.5. The molecule has 3 heterocycles. The summed E-state index contributed by atoms with van der Waals surface area (Å²) in [6, 6.07) is 17.9. The molecule has 3 nitrogen and oxygen atoms in total. The predicted molar refractivity (Wildman–Crippen MR) is 148 cm³/mol. The van der Waals surface area contributed by atoms with Gasteiger partial charge in [0.2, 0.25) is 0 Å². The van der Waals surface area contributed by atoms with Crippen LogP contribution in [0.25, 0.3) is 21.9 Å². The molecule has 10 atom stereocenters. The molecule has 194 valence electrons. The first-order valence-corrected chi connectivity index (χ1v) is 15.7. The van der Waals surface area contributed by atoms with Gasteiger partial charge in [0.25, 0.3) is 0 Å². The molecule has 0 spiro atoms. The Bertz CT molecular complexity index is 1330. The van der Waals surface area contributed by atoms with E-state index in [1.807, 2.05) is 0 Å². The van der Waals surface area contributed by atoms with E-state index in [4.69, 9.17) is 9.15 Å². The lowest BCUT2D eigenvalue weighted by Crippen LogP contribution is -2.74. The number of nitrogens with zero attached hydrogens (tertiary/aromatic N) is 1. The fraction of sp³-hybridized carbons (Fsp3) is 0.647. The molecule has 0 bridgehead atoms. The summed E-state index contributed by atoms with van der Waals surface area (Å²) in [5.41, 5.74) is 3.73. The second-order valence-corrected chi connectivity index (χ2v) is 13.5. The Hall–Kier alpha value is -1.84. The molecule has 1 aromatic heterocycles. The zero-order valence-corrected chi connectivity index (χ0v) is 22.1. The van der Waals surface area contributed by atoms with Crippen molar-refractivity contribution in [2.24, 2.45) is 23.7 Å². The van der Waals surface area contributed by atoms with Crippen LogP contribution in [-0.2, 0) is 4.74 Å². The molecule has 2 saturated heterocycles. The van der Waals surface area contributed by atoms with E-state index in [1.54, 1.807) is 5.56 Å². The Kier molecular flexibility index (Phi) is 4.96. The molecule has 9 rings (SSSR count). The molecule has 37 heavy (non-hydrogen) atoms. The smallest absolute Gasteiger partial charge is 0.135 e. The van der Waals surface area contributed by atoms with Crippen LogP contribution in [0.2, 0.25) is 0 Å². The monoisotopic (exact) mass is 495 g/mol. The highest BCUT2D eigenvalue weighted by molar-refractivity contribution is 6.06. The van der Waals surface area contributed by atoms with Gasteiger partial charge in [-0.3, -0.25) is 4.90 Å². The quantitative estimate of drug-likeness (QED) is 0.341. The van der Waals surface area contributed by atoms with E-state index in [-0.39, 0.29) is 0 Å². The van der Waals surface area contributed by atoms with Crippen LogP contribution in [0.5, 0.6) is 0 Å². The standard InChI is InChI=1S/C34H41NO2/c1-3-14-28-25(8-1)33-22(11-6-16-30(33)36-28)20-18-19-27-32-21(20)9-5-10-23(32)24-12-7-17-31-34(24)35(27)26-13-2-4-15-29(26)37-31/h1,3,6,8,11,14,16,20-21,23-24,26-27,29,31-32,34H,2,4-5,7,9-10,12-13,15,17-19H2. The van der Waals surface area contributed by atoms with Crippen LogP contribution in [0.4, 0.5) is 0 Å². The molecular formula is C34H41NO2. The van der Waals surface area contributed by atoms with E-state index in [0.717, 1.165) is 46.9 Å². The average molecular weight is 496 g/mol. The van der Waals surface area contributed by atoms with Gasteiger partial charge in [-0.05, 0) is 98.7 Å². The van der Waals surface area contributed by atoms with Crippen molar-refractivity contribution in [1.82, 2.24) is 4.90 Å². The van der Waals surface area contributed by atoms with E-state index < -0.39 is 0 Å². The minimum Gasteiger partial charge on any atom is -0.456 e. The maximum absolute atomic E-state index is 6.97. The summed E-state index contributed by atoms with van der Waals surface area (Å²) in [6.45, 7) is 0. The fourth-order valence-electron chi connectivity index (χ4n) is 11.1. The second kappa shape index (κ2) is 8.33. The summed E-state index contributed by atoms with van der Waals surface area (Å²) < 4.78 is 13.3. The number of para-hydroxylation sites is 1. The average Bonchev–Trinajstić information content (AvgIpc) is 3.34. The summed E-state index contributed by atoms with van der Waals surface area (Å²) in [5, 5.41) is 2.73. The molecule has 10 unspecified atom stereocenters. The topological polar surface area (TPSA) is 25.6 Å². The zero-order valence-electron chi connectivity index (χ0n) is 22.1. The van der Waals surface area contributed by atoms with Gasteiger partial charge in [0, 0.05) is 28.9 Å². The SMILES string of the molecule is c1ccc2c(c1)oc1cccc(C3CCC4C5C3CCCC5C3CCCC5OC6CCCCC6N4C53)c12. The molecular weight excluding hydrogens is 454 g/mol. The molecule has 4 saturated carbocycles. The van der Waals surface area contributed by atoms with Gasteiger partial charge in [-0.25, -0.2) is 0 Å². The minimum atomic E-state index is 0.510. The number of benzene rings is 2. The molecule has 3 aromatic rings. The molecule has 0 amide bonds. The van der Waals surface area contributed by atoms with Gasteiger partial charge in [-0.15, -0.1) is 0 Å². The Morgan fingerprint density at radius 2 is 1.43 bits per heavy atom. The lowest BCUT2D eigenvalue weighted by Gasteiger charge is -2.68. The minimum absolute atomic E-state index is 0.510. The first-order valence-electron chi connectivity index (χ1n) is 15.7. The Morgan fingerprint density at radius 3 is 2.43 bits per heavy atom. The third-order valence-corrected chi connectivity index (χ3v) is 12.2. The number of piperidine rings is 1. The second-order valence-electron chi connectivity index (χ2n) is 13.5. The third-order valence-electron chi connectivity index (χ3n) is 12.2. The van der Waals surface area contributed by atoms with Crippen LogP contribution in [0.1, 0.15) is 88.5 Å². The van der Waals surface area contributed by atoms with Gasteiger partial charge in [0.15, 0.2) is 0 Å². The lowest BCUT2D eigenvalue weighted by molar-refractivity contribution is -0.248. The summed E-state index contributed by atoms with van der Waals surface area (Å²) in [7, 11) is 0. The lowest BCUT2D eigenvalue weighted by atomic mass is 9.50. The van der Waals surface area contributed by atoms with Crippen molar-refractivity contribution in [1.29, 1.82) is 0 Å². The number of hydrogen-bond donors (Lipinski definition) is 0. The number of fused-ring (bicyclic) bond motifs is 7. The number of ether oxygens (including phenoxy) is 1. The first-order chi connectivity index (χ1) is 18.4. The van der Waals surface area contributed by atoms with Crippen molar-refractivity contribution in [3.8, 4) is 0 Å². The van der Waals surface area contributed by atoms with Crippen molar-refractivity contribution in [3.05, 3.63) is 48.0 Å². The first kappa shape index (κ1) is 22.0. The van der Waals surface area contributed by atoms with Gasteiger partial charge in [-0.1, -0.05) is 56.0 Å². The van der Waals surface area contributed by atoms with E-state index in [2.05, 4.69) is 47.4 Å². The maximum Gasteiger partial charge on any atom is 0.135 e. The maximum atomic E-state index is 6.97. The molecule has 0 N–H and O–H groups in total. The number of hydrogen-bond acceptors (Lipinski definition) is 3. The van der Waals surface area contributed by atoms with Gasteiger partial charge >= 0.3 is 0 Å². The van der Waals surface area contributed by atoms with Crippen LogP contribution in [0, 0.1) is 23.7 Å². The van der Waals surface area contributed by atoms with Crippen LogP contribution in [0.3, 0.4) is 0 Å².